The van der Waals surface area contributed by atoms with Crippen molar-refractivity contribution in [3.63, 3.8) is 0 Å². The van der Waals surface area contributed by atoms with Gasteiger partial charge in [0.1, 0.15) is 0 Å². The summed E-state index contributed by atoms with van der Waals surface area (Å²) in [5.74, 6) is 0. The van der Waals surface area contributed by atoms with E-state index in [-0.39, 0.29) is 154 Å². The predicted molar refractivity (Wildman–Crippen MR) is 25.2 cm³/mol. The third kappa shape index (κ3) is 8.61. The van der Waals surface area contributed by atoms with Gasteiger partial charge in [-0.25, -0.2) is 0 Å². The first kappa shape index (κ1) is 20.7. The molecule has 1 rings (SSSR count). The molecule has 0 aliphatic rings. The number of rotatable bonds is 0. The third-order valence-corrected chi connectivity index (χ3v) is 0.574. The Kier molecular flexibility index (Phi) is 18.7. The van der Waals surface area contributed by atoms with Gasteiger partial charge in [-0.2, -0.15) is 0 Å². The van der Waals surface area contributed by atoms with Crippen LogP contribution < -0.4 is 186 Å². The predicted octanol–water partition coefficient (Wildman–Crippen LogP) is -12.3. The van der Waals surface area contributed by atoms with Crippen LogP contribution in [0.5, 0.6) is 0 Å². The first-order chi connectivity index (χ1) is 4.18. The van der Waals surface area contributed by atoms with E-state index in [9.17, 15) is 14.4 Å². The Morgan fingerprint density at radius 3 is 0.917 bits per heavy atom. The Balaban J connectivity index is -0.000000270. The molecule has 0 bridgehead atoms. The Morgan fingerprint density at radius 1 is 0.583 bits per heavy atom. The van der Waals surface area contributed by atoms with E-state index >= 15 is 0 Å². The van der Waals surface area contributed by atoms with Gasteiger partial charge in [0, 0.05) is 0 Å². The van der Waals surface area contributed by atoms with Crippen molar-refractivity contribution in [1.29, 1.82) is 0 Å². The average molecular weight is 243 g/mol. The maximum Gasteiger partial charge on any atom is 1.00 e. The normalized spacial score (nSPS) is 7.00. The second kappa shape index (κ2) is 10.8. The minimum absolute atomic E-state index is 0. The molecule has 1 aromatic heterocycles. The third-order valence-electron chi connectivity index (χ3n) is 0.574. The standard InChI is InChI=1S/C3H3N3O3.3K/c7-1-4-2(8)6-3(9)5-1;;;/h(H3,4,5,6,7,8,9);;;/q;3*+1/p-3. The molecule has 0 aliphatic heterocycles. The van der Waals surface area contributed by atoms with Crippen molar-refractivity contribution in [3.8, 4) is 0 Å². The van der Waals surface area contributed by atoms with Crippen LogP contribution in [-0.2, 0) is 0 Å². The molecular formula is C3K3N3O3. The molecule has 0 radical (unpaired) electrons. The van der Waals surface area contributed by atoms with Gasteiger partial charge in [0.15, 0.2) is 0 Å². The molecule has 0 aliphatic carbocycles. The SMILES string of the molecule is O=c1[n-]c(=O)[n-]c(=O)[n-]1.[K+].[K+].[K+]. The molecule has 1 aromatic rings. The second-order valence-corrected chi connectivity index (χ2v) is 1.18. The molecule has 0 spiro atoms. The van der Waals surface area contributed by atoms with Gasteiger partial charge in [0.25, 0.3) is 0 Å². The van der Waals surface area contributed by atoms with E-state index in [4.69, 9.17) is 0 Å². The largest absolute Gasteiger partial charge is 1.00 e. The van der Waals surface area contributed by atoms with E-state index in [2.05, 4.69) is 15.0 Å². The Labute approximate surface area is 194 Å². The molecule has 0 N–H and O–H groups in total. The number of hydrogen-bond donors (Lipinski definition) is 0. The quantitative estimate of drug-likeness (QED) is 0.420. The van der Waals surface area contributed by atoms with Gasteiger partial charge in [0.2, 0.25) is 0 Å². The summed E-state index contributed by atoms with van der Waals surface area (Å²) in [7, 11) is 0. The van der Waals surface area contributed by atoms with Crippen LogP contribution in [0.1, 0.15) is 0 Å². The van der Waals surface area contributed by atoms with E-state index < -0.39 is 17.1 Å². The van der Waals surface area contributed by atoms with E-state index in [1.807, 2.05) is 0 Å². The average Bonchev–Trinajstić information content (AvgIpc) is 1.59. The van der Waals surface area contributed by atoms with Gasteiger partial charge in [0.05, 0.1) is 0 Å². The summed E-state index contributed by atoms with van der Waals surface area (Å²) < 4.78 is 0. The van der Waals surface area contributed by atoms with E-state index in [0.29, 0.717) is 0 Å². The van der Waals surface area contributed by atoms with Crippen LogP contribution in [0.15, 0.2) is 14.4 Å². The van der Waals surface area contributed by atoms with Crippen molar-refractivity contribution >= 4 is 0 Å². The molecule has 0 atom stereocenters. The van der Waals surface area contributed by atoms with Crippen LogP contribution in [0, 0.1) is 0 Å². The van der Waals surface area contributed by atoms with Crippen LogP contribution in [0.4, 0.5) is 0 Å². The van der Waals surface area contributed by atoms with Crippen molar-refractivity contribution in [2.45, 2.75) is 0 Å². The summed E-state index contributed by atoms with van der Waals surface area (Å²) in [5.41, 5.74) is -3.25. The monoisotopic (exact) mass is 243 g/mol. The zero-order valence-corrected chi connectivity index (χ0v) is 16.4. The van der Waals surface area contributed by atoms with Crippen molar-refractivity contribution in [3.05, 3.63) is 31.5 Å². The molecule has 48 valence electrons. The van der Waals surface area contributed by atoms with Crippen LogP contribution >= 0.6 is 0 Å². The van der Waals surface area contributed by atoms with Gasteiger partial charge < -0.3 is 29.3 Å². The molecule has 0 saturated heterocycles. The fourth-order valence-corrected chi connectivity index (χ4v) is 0.320. The van der Waals surface area contributed by atoms with E-state index in [1.54, 1.807) is 0 Å². The van der Waals surface area contributed by atoms with E-state index in [1.165, 1.54) is 0 Å². The molecule has 0 unspecified atom stereocenters. The summed E-state index contributed by atoms with van der Waals surface area (Å²) in [6, 6.07) is 0. The zero-order chi connectivity index (χ0) is 6.85. The molecule has 0 fully saturated rings. The Morgan fingerprint density at radius 2 is 0.750 bits per heavy atom. The van der Waals surface area contributed by atoms with Crippen LogP contribution in [0.25, 0.3) is 0 Å². The molecule has 0 aromatic carbocycles. The number of nitrogens with zero attached hydrogens (tertiary/aromatic N) is 3. The van der Waals surface area contributed by atoms with Gasteiger partial charge in [-0.05, 0) is 17.1 Å². The molecule has 9 heteroatoms. The van der Waals surface area contributed by atoms with Gasteiger partial charge >= 0.3 is 154 Å². The van der Waals surface area contributed by atoms with Crippen LogP contribution in [0.3, 0.4) is 0 Å². The maximum absolute atomic E-state index is 10.0. The van der Waals surface area contributed by atoms with Crippen molar-refractivity contribution in [2.24, 2.45) is 0 Å². The minimum atomic E-state index is -1.08. The first-order valence-corrected chi connectivity index (χ1v) is 1.95. The molecule has 12 heavy (non-hydrogen) atoms. The minimum Gasteiger partial charge on any atom is -0.628 e. The molecule has 6 nitrogen and oxygen atoms in total. The second-order valence-electron chi connectivity index (χ2n) is 1.18. The zero-order valence-electron chi connectivity index (χ0n) is 7.07. The first-order valence-electron chi connectivity index (χ1n) is 1.95. The topological polar surface area (TPSA) is 93.5 Å². The van der Waals surface area contributed by atoms with Gasteiger partial charge in [-0.1, -0.05) is 0 Å². The molecule has 1 heterocycles. The summed E-state index contributed by atoms with van der Waals surface area (Å²) in [6.45, 7) is 0. The van der Waals surface area contributed by atoms with Crippen LogP contribution in [0.2, 0.25) is 0 Å². The van der Waals surface area contributed by atoms with Gasteiger partial charge in [-0.3, -0.25) is 0 Å². The Hall–Kier alpha value is 3.32. The van der Waals surface area contributed by atoms with Crippen molar-refractivity contribution in [2.75, 3.05) is 0 Å². The summed E-state index contributed by atoms with van der Waals surface area (Å²) >= 11 is 0. The summed E-state index contributed by atoms with van der Waals surface area (Å²) in [6.07, 6.45) is 0. The fourth-order valence-electron chi connectivity index (χ4n) is 0.320. The maximum atomic E-state index is 10.0. The van der Waals surface area contributed by atoms with E-state index in [0.717, 1.165) is 0 Å². The van der Waals surface area contributed by atoms with Crippen LogP contribution in [-0.4, -0.2) is 0 Å². The Bertz CT molecular complexity index is 287. The summed E-state index contributed by atoms with van der Waals surface area (Å²) in [4.78, 5) is 38.2. The molecule has 0 saturated carbocycles. The molecule has 0 amide bonds. The smallest absolute Gasteiger partial charge is 0.628 e. The summed E-state index contributed by atoms with van der Waals surface area (Å²) in [5, 5.41) is 0. The van der Waals surface area contributed by atoms with Gasteiger partial charge in [-0.15, -0.1) is 0 Å². The number of aromatic nitrogens is 3. The van der Waals surface area contributed by atoms with Crippen molar-refractivity contribution < 1.29 is 154 Å². The fraction of sp³-hybridized carbons (Fsp3) is 0. The number of hydrogen-bond acceptors (Lipinski definition) is 3. The molecular weight excluding hydrogens is 243 g/mol. The van der Waals surface area contributed by atoms with Crippen molar-refractivity contribution in [1.82, 2.24) is 15.0 Å².